The molecule has 26 heavy (non-hydrogen) atoms. The minimum atomic E-state index is 0.0973. The van der Waals surface area contributed by atoms with Crippen molar-refractivity contribution in [2.24, 2.45) is 0 Å². The maximum absolute atomic E-state index is 6.40. The first-order valence-electron chi connectivity index (χ1n) is 9.04. The number of fused-ring (bicyclic) bond motifs is 10. The molecule has 2 bridgehead atoms. The highest BCUT2D eigenvalue weighted by Crippen LogP contribution is 2.51. The second-order valence-corrected chi connectivity index (χ2v) is 7.04. The molecular formula is C24H17NO. The molecule has 1 N–H and O–H groups in total. The Kier molecular flexibility index (Phi) is 2.75. The van der Waals surface area contributed by atoms with Gasteiger partial charge in [-0.15, -0.1) is 0 Å². The van der Waals surface area contributed by atoms with Crippen LogP contribution in [0.3, 0.4) is 0 Å². The molecule has 124 valence electrons. The standard InChI is InChI=1S/C24H17NO/c1-4-10-21-16(7-1)15-13-19(17-8-2-5-11-22(17)25-21)24-20(14-15)18-9-3-6-12-23(18)26-24/h1-14,18,23,25H. The van der Waals surface area contributed by atoms with Gasteiger partial charge in [-0.3, -0.25) is 0 Å². The van der Waals surface area contributed by atoms with E-state index in [0.717, 1.165) is 17.1 Å². The summed E-state index contributed by atoms with van der Waals surface area (Å²) < 4.78 is 6.40. The molecule has 2 unspecified atom stereocenters. The number of ether oxygens (including phenoxy) is 1. The Morgan fingerprint density at radius 1 is 0.731 bits per heavy atom. The average Bonchev–Trinajstić information content (AvgIpc) is 3.06. The van der Waals surface area contributed by atoms with Gasteiger partial charge in [-0.1, -0.05) is 54.6 Å². The lowest BCUT2D eigenvalue weighted by Gasteiger charge is -2.21. The second-order valence-electron chi connectivity index (χ2n) is 7.04. The Hall–Kier alpha value is -3.26. The van der Waals surface area contributed by atoms with Gasteiger partial charge in [0.1, 0.15) is 11.9 Å². The summed E-state index contributed by atoms with van der Waals surface area (Å²) in [6.45, 7) is 0. The summed E-state index contributed by atoms with van der Waals surface area (Å²) in [6, 6.07) is 21.6. The van der Waals surface area contributed by atoms with E-state index in [4.69, 9.17) is 4.74 Å². The highest BCUT2D eigenvalue weighted by Gasteiger charge is 2.35. The normalized spacial score (nSPS) is 20.6. The van der Waals surface area contributed by atoms with Crippen molar-refractivity contribution in [3.8, 4) is 28.0 Å². The van der Waals surface area contributed by atoms with E-state index in [1.54, 1.807) is 0 Å². The molecule has 0 amide bonds. The van der Waals surface area contributed by atoms with Gasteiger partial charge in [0.15, 0.2) is 0 Å². The first-order valence-corrected chi connectivity index (χ1v) is 9.04. The second kappa shape index (κ2) is 5.12. The lowest BCUT2D eigenvalue weighted by atomic mass is 9.86. The number of hydrogen-bond acceptors (Lipinski definition) is 2. The monoisotopic (exact) mass is 335 g/mol. The number of anilines is 2. The zero-order valence-electron chi connectivity index (χ0n) is 14.1. The van der Waals surface area contributed by atoms with E-state index in [2.05, 4.69) is 90.3 Å². The quantitative estimate of drug-likeness (QED) is 0.422. The highest BCUT2D eigenvalue weighted by molar-refractivity contribution is 5.94. The summed E-state index contributed by atoms with van der Waals surface area (Å²) in [7, 11) is 0. The molecule has 2 atom stereocenters. The predicted octanol–water partition coefficient (Wildman–Crippen LogP) is 6.05. The molecule has 0 aromatic heterocycles. The topological polar surface area (TPSA) is 21.3 Å². The van der Waals surface area contributed by atoms with Gasteiger partial charge in [0.25, 0.3) is 0 Å². The average molecular weight is 335 g/mol. The van der Waals surface area contributed by atoms with Gasteiger partial charge in [0.2, 0.25) is 0 Å². The van der Waals surface area contributed by atoms with Crippen molar-refractivity contribution in [3.63, 3.8) is 0 Å². The van der Waals surface area contributed by atoms with Crippen LogP contribution in [0.4, 0.5) is 11.4 Å². The molecule has 0 spiro atoms. The molecule has 0 fully saturated rings. The SMILES string of the molecule is C1=CC2Oc3c4cc(cc3C2C=C1)-c1ccccc1Nc1ccccc1-4. The predicted molar refractivity (Wildman–Crippen MR) is 106 cm³/mol. The molecule has 0 saturated carbocycles. The molecule has 2 nitrogen and oxygen atoms in total. The Bertz CT molecular complexity index is 1110. The molecule has 3 aromatic rings. The zero-order valence-corrected chi connectivity index (χ0v) is 14.1. The van der Waals surface area contributed by atoms with Crippen LogP contribution in [0.25, 0.3) is 22.3 Å². The fourth-order valence-electron chi connectivity index (χ4n) is 4.32. The van der Waals surface area contributed by atoms with E-state index in [1.165, 1.54) is 27.8 Å². The lowest BCUT2D eigenvalue weighted by Crippen LogP contribution is -2.15. The van der Waals surface area contributed by atoms with Crippen molar-refractivity contribution < 1.29 is 4.74 Å². The number of para-hydroxylation sites is 2. The van der Waals surface area contributed by atoms with Crippen LogP contribution in [0.5, 0.6) is 5.75 Å². The molecule has 6 rings (SSSR count). The summed E-state index contributed by atoms with van der Waals surface area (Å²) in [5, 5.41) is 3.63. The molecule has 2 heterocycles. The van der Waals surface area contributed by atoms with E-state index in [0.29, 0.717) is 5.92 Å². The van der Waals surface area contributed by atoms with E-state index >= 15 is 0 Å². The van der Waals surface area contributed by atoms with Crippen LogP contribution in [0.2, 0.25) is 0 Å². The lowest BCUT2D eigenvalue weighted by molar-refractivity contribution is 0.270. The Morgan fingerprint density at radius 2 is 1.46 bits per heavy atom. The van der Waals surface area contributed by atoms with Gasteiger partial charge in [-0.25, -0.2) is 0 Å². The van der Waals surface area contributed by atoms with Gasteiger partial charge in [-0.05, 0) is 35.9 Å². The molecular weight excluding hydrogens is 318 g/mol. The van der Waals surface area contributed by atoms with Crippen LogP contribution in [0.15, 0.2) is 85.0 Å². The van der Waals surface area contributed by atoms with E-state index < -0.39 is 0 Å². The maximum atomic E-state index is 6.40. The Morgan fingerprint density at radius 3 is 2.35 bits per heavy atom. The first kappa shape index (κ1) is 14.0. The minimum Gasteiger partial charge on any atom is -0.484 e. The third-order valence-electron chi connectivity index (χ3n) is 5.54. The van der Waals surface area contributed by atoms with Crippen molar-refractivity contribution in [2.75, 3.05) is 5.32 Å². The van der Waals surface area contributed by atoms with Crippen LogP contribution >= 0.6 is 0 Å². The summed E-state index contributed by atoms with van der Waals surface area (Å²) in [4.78, 5) is 0. The largest absolute Gasteiger partial charge is 0.484 e. The number of hydrogen-bond donors (Lipinski definition) is 1. The number of allylic oxidation sites excluding steroid dienone is 2. The van der Waals surface area contributed by atoms with Crippen LogP contribution in [-0.2, 0) is 0 Å². The third-order valence-corrected chi connectivity index (χ3v) is 5.54. The van der Waals surface area contributed by atoms with Crippen molar-refractivity contribution in [1.82, 2.24) is 0 Å². The first-order chi connectivity index (χ1) is 12.9. The summed E-state index contributed by atoms with van der Waals surface area (Å²) >= 11 is 0. The minimum absolute atomic E-state index is 0.0973. The third kappa shape index (κ3) is 1.87. The van der Waals surface area contributed by atoms with Gasteiger partial charge in [0, 0.05) is 39.5 Å². The van der Waals surface area contributed by atoms with Crippen molar-refractivity contribution in [1.29, 1.82) is 0 Å². The summed E-state index contributed by atoms with van der Waals surface area (Å²) in [6.07, 6.45) is 8.72. The van der Waals surface area contributed by atoms with Crippen molar-refractivity contribution in [2.45, 2.75) is 12.0 Å². The Balaban J connectivity index is 1.70. The van der Waals surface area contributed by atoms with Gasteiger partial charge >= 0.3 is 0 Å². The molecule has 2 aliphatic heterocycles. The van der Waals surface area contributed by atoms with E-state index in [1.807, 2.05) is 0 Å². The van der Waals surface area contributed by atoms with Crippen molar-refractivity contribution in [3.05, 3.63) is 90.5 Å². The molecule has 1 aliphatic carbocycles. The summed E-state index contributed by atoms with van der Waals surface area (Å²) in [5.74, 6) is 1.31. The van der Waals surface area contributed by atoms with Gasteiger partial charge < -0.3 is 10.1 Å². The van der Waals surface area contributed by atoms with Crippen LogP contribution in [0, 0.1) is 0 Å². The number of benzene rings is 3. The number of rotatable bonds is 0. The zero-order chi connectivity index (χ0) is 17.1. The Labute approximate surface area is 152 Å². The number of nitrogens with one attached hydrogen (secondary N) is 1. The highest BCUT2D eigenvalue weighted by atomic mass is 16.5. The van der Waals surface area contributed by atoms with Crippen LogP contribution < -0.4 is 10.1 Å². The van der Waals surface area contributed by atoms with E-state index in [-0.39, 0.29) is 6.10 Å². The van der Waals surface area contributed by atoms with Gasteiger partial charge in [-0.2, -0.15) is 0 Å². The smallest absolute Gasteiger partial charge is 0.132 e. The molecule has 2 heteroatoms. The van der Waals surface area contributed by atoms with Gasteiger partial charge in [0.05, 0.1) is 0 Å². The van der Waals surface area contributed by atoms with Crippen molar-refractivity contribution >= 4 is 11.4 Å². The maximum Gasteiger partial charge on any atom is 0.132 e. The fourth-order valence-corrected chi connectivity index (χ4v) is 4.32. The molecule has 3 aliphatic rings. The fraction of sp³-hybridized carbons (Fsp3) is 0.0833. The van der Waals surface area contributed by atoms with Crippen LogP contribution in [-0.4, -0.2) is 6.10 Å². The molecule has 0 saturated heterocycles. The molecule has 0 radical (unpaired) electrons. The summed E-state index contributed by atoms with van der Waals surface area (Å²) in [5.41, 5.74) is 8.37. The molecule has 3 aromatic carbocycles. The van der Waals surface area contributed by atoms with E-state index in [9.17, 15) is 0 Å². The van der Waals surface area contributed by atoms with Crippen LogP contribution in [0.1, 0.15) is 11.5 Å².